The maximum atomic E-state index is 11.0. The molecule has 0 saturated heterocycles. The molecule has 84 valence electrons. The number of amides is 1. The fourth-order valence-corrected chi connectivity index (χ4v) is 1.26. The number of carbonyl (C=O) groups excluding carboxylic acids is 2. The van der Waals surface area contributed by atoms with E-state index in [1.54, 1.807) is 24.3 Å². The number of benzene rings is 1. The fourth-order valence-electron chi connectivity index (χ4n) is 1.26. The molecular weight excluding hydrogens is 206 g/mol. The van der Waals surface area contributed by atoms with Crippen molar-refractivity contribution in [3.8, 4) is 5.75 Å². The first-order chi connectivity index (χ1) is 7.50. The third kappa shape index (κ3) is 3.24. The van der Waals surface area contributed by atoms with Gasteiger partial charge in [-0.2, -0.15) is 0 Å². The van der Waals surface area contributed by atoms with E-state index in [9.17, 15) is 14.7 Å². The average molecular weight is 219 g/mol. The Hall–Kier alpha value is -2.10. The van der Waals surface area contributed by atoms with Gasteiger partial charge >= 0.3 is 0 Å². The van der Waals surface area contributed by atoms with Crippen LogP contribution in [0.25, 0.3) is 6.08 Å². The number of phenols is 1. The normalized spacial score (nSPS) is 10.6. The lowest BCUT2D eigenvalue weighted by atomic mass is 10.1. The summed E-state index contributed by atoms with van der Waals surface area (Å²) in [5.74, 6) is -0.667. The third-order valence-electron chi connectivity index (χ3n) is 2.03. The summed E-state index contributed by atoms with van der Waals surface area (Å²) in [5.41, 5.74) is 5.96. The second-order valence-electron chi connectivity index (χ2n) is 3.41. The van der Waals surface area contributed by atoms with Crippen LogP contribution in [0, 0.1) is 0 Å². The van der Waals surface area contributed by atoms with Crippen LogP contribution >= 0.6 is 0 Å². The number of hydrogen-bond acceptors (Lipinski definition) is 3. The number of nitrogens with two attached hydrogens (primary N) is 1. The summed E-state index contributed by atoms with van der Waals surface area (Å²) < 4.78 is 0. The van der Waals surface area contributed by atoms with E-state index in [1.165, 1.54) is 13.0 Å². The Morgan fingerprint density at radius 3 is 2.62 bits per heavy atom. The van der Waals surface area contributed by atoms with Gasteiger partial charge in [-0.1, -0.05) is 18.2 Å². The molecular formula is C12H13NO3. The van der Waals surface area contributed by atoms with Crippen molar-refractivity contribution in [2.24, 2.45) is 5.73 Å². The molecule has 0 radical (unpaired) electrons. The molecule has 1 rings (SSSR count). The number of hydrogen-bond donors (Lipinski definition) is 2. The van der Waals surface area contributed by atoms with Gasteiger partial charge in [-0.15, -0.1) is 0 Å². The van der Waals surface area contributed by atoms with Crippen LogP contribution in [0.2, 0.25) is 0 Å². The maximum Gasteiger partial charge on any atom is 0.221 e. The zero-order valence-corrected chi connectivity index (χ0v) is 8.93. The van der Waals surface area contributed by atoms with Crippen molar-refractivity contribution in [3.63, 3.8) is 0 Å². The van der Waals surface area contributed by atoms with Crippen LogP contribution in [0.15, 0.2) is 24.3 Å². The van der Waals surface area contributed by atoms with E-state index in [1.807, 2.05) is 0 Å². The highest BCUT2D eigenvalue weighted by Crippen LogP contribution is 2.20. The van der Waals surface area contributed by atoms with Crippen molar-refractivity contribution in [3.05, 3.63) is 35.4 Å². The Labute approximate surface area is 93.4 Å². The highest BCUT2D eigenvalue weighted by atomic mass is 16.3. The van der Waals surface area contributed by atoms with Gasteiger partial charge in [0.1, 0.15) is 5.75 Å². The molecule has 0 fully saturated rings. The molecule has 4 heteroatoms. The van der Waals surface area contributed by atoms with Crippen molar-refractivity contribution < 1.29 is 14.7 Å². The number of rotatable bonds is 4. The third-order valence-corrected chi connectivity index (χ3v) is 2.03. The number of ketones is 1. The molecule has 0 saturated carbocycles. The van der Waals surface area contributed by atoms with Crippen LogP contribution in [0.4, 0.5) is 0 Å². The Kier molecular flexibility index (Phi) is 3.83. The molecule has 0 bridgehead atoms. The summed E-state index contributed by atoms with van der Waals surface area (Å²) >= 11 is 0. The van der Waals surface area contributed by atoms with Crippen LogP contribution in [0.1, 0.15) is 29.3 Å². The summed E-state index contributed by atoms with van der Waals surface area (Å²) in [6, 6.07) is 4.70. The quantitative estimate of drug-likeness (QED) is 0.753. The fraction of sp³-hybridized carbons (Fsp3) is 0.167. The minimum atomic E-state index is -0.416. The molecule has 1 aromatic rings. The maximum absolute atomic E-state index is 11.0. The van der Waals surface area contributed by atoms with Crippen molar-refractivity contribution in [2.45, 2.75) is 13.3 Å². The lowest BCUT2D eigenvalue weighted by Gasteiger charge is -2.01. The van der Waals surface area contributed by atoms with E-state index in [0.717, 1.165) is 0 Å². The predicted octanol–water partition coefficient (Wildman–Crippen LogP) is 1.48. The highest BCUT2D eigenvalue weighted by Gasteiger charge is 2.05. The molecule has 3 N–H and O–H groups in total. The molecule has 1 aromatic carbocycles. The van der Waals surface area contributed by atoms with Gasteiger partial charge in [-0.05, 0) is 24.6 Å². The first-order valence-electron chi connectivity index (χ1n) is 4.79. The minimum Gasteiger partial charge on any atom is -0.507 e. The van der Waals surface area contributed by atoms with E-state index < -0.39 is 5.91 Å². The molecule has 4 nitrogen and oxygen atoms in total. The van der Waals surface area contributed by atoms with Crippen LogP contribution < -0.4 is 5.73 Å². The number of phenolic OH excluding ortho intramolecular Hbond substituents is 1. The van der Waals surface area contributed by atoms with E-state index in [2.05, 4.69) is 0 Å². The monoisotopic (exact) mass is 219 g/mol. The Bertz CT molecular complexity index is 450. The molecule has 0 aliphatic carbocycles. The van der Waals surface area contributed by atoms with Gasteiger partial charge in [0.15, 0.2) is 5.78 Å². The lowest BCUT2D eigenvalue weighted by Crippen LogP contribution is -2.07. The van der Waals surface area contributed by atoms with Crippen molar-refractivity contribution in [2.75, 3.05) is 0 Å². The number of Topliss-reactive ketones (excluding diaryl/α,β-unsaturated/α-hetero) is 1. The zero-order chi connectivity index (χ0) is 12.1. The van der Waals surface area contributed by atoms with Crippen molar-refractivity contribution in [1.82, 2.24) is 0 Å². The molecule has 0 aliphatic rings. The molecule has 0 aliphatic heterocycles. The van der Waals surface area contributed by atoms with Gasteiger partial charge in [0, 0.05) is 6.42 Å². The summed E-state index contributed by atoms with van der Waals surface area (Å²) in [4.78, 5) is 21.5. The van der Waals surface area contributed by atoms with Gasteiger partial charge in [0.25, 0.3) is 0 Å². The topological polar surface area (TPSA) is 80.4 Å². The molecule has 0 atom stereocenters. The van der Waals surface area contributed by atoms with Crippen LogP contribution in [-0.4, -0.2) is 16.8 Å². The molecule has 1 amide bonds. The predicted molar refractivity (Wildman–Crippen MR) is 61.0 cm³/mol. The van der Waals surface area contributed by atoms with E-state index >= 15 is 0 Å². The molecule has 0 aromatic heterocycles. The second kappa shape index (κ2) is 5.11. The molecule has 0 heterocycles. The first kappa shape index (κ1) is 12.0. The average Bonchev–Trinajstić information content (AvgIpc) is 2.16. The van der Waals surface area contributed by atoms with Crippen molar-refractivity contribution in [1.29, 1.82) is 0 Å². The summed E-state index contributed by atoms with van der Waals surface area (Å²) in [7, 11) is 0. The Balaban J connectivity index is 2.85. The van der Waals surface area contributed by atoms with Crippen LogP contribution in [-0.2, 0) is 4.79 Å². The van der Waals surface area contributed by atoms with E-state index in [0.29, 0.717) is 5.56 Å². The molecule has 0 unspecified atom stereocenters. The molecule has 16 heavy (non-hydrogen) atoms. The standard InChI is InChI=1S/C12H13NO3/c1-8(14)10-6-5-9(7-11(10)15)3-2-4-12(13)16/h2-3,5-7,15H,4H2,1H3,(H2,13,16). The highest BCUT2D eigenvalue weighted by molar-refractivity contribution is 5.96. The minimum absolute atomic E-state index is 0.0614. The smallest absolute Gasteiger partial charge is 0.221 e. The van der Waals surface area contributed by atoms with Crippen molar-refractivity contribution >= 4 is 17.8 Å². The summed E-state index contributed by atoms with van der Waals surface area (Å²) in [5, 5.41) is 9.52. The van der Waals surface area contributed by atoms with Crippen LogP contribution in [0.5, 0.6) is 5.75 Å². The van der Waals surface area contributed by atoms with Gasteiger partial charge in [-0.25, -0.2) is 0 Å². The SMILES string of the molecule is CC(=O)c1ccc(C=CCC(N)=O)cc1O. The second-order valence-corrected chi connectivity index (χ2v) is 3.41. The Morgan fingerprint density at radius 2 is 2.12 bits per heavy atom. The largest absolute Gasteiger partial charge is 0.507 e. The van der Waals surface area contributed by atoms with Gasteiger partial charge in [-0.3, -0.25) is 9.59 Å². The number of carbonyl (C=O) groups is 2. The van der Waals surface area contributed by atoms with Gasteiger partial charge in [0.05, 0.1) is 5.56 Å². The van der Waals surface area contributed by atoms with Gasteiger partial charge < -0.3 is 10.8 Å². The van der Waals surface area contributed by atoms with Gasteiger partial charge in [0.2, 0.25) is 5.91 Å². The molecule has 0 spiro atoms. The van der Waals surface area contributed by atoms with Crippen LogP contribution in [0.3, 0.4) is 0 Å². The summed E-state index contributed by atoms with van der Waals surface area (Å²) in [6.45, 7) is 1.39. The zero-order valence-electron chi connectivity index (χ0n) is 8.93. The number of primary amides is 1. The van der Waals surface area contributed by atoms with E-state index in [4.69, 9.17) is 5.73 Å². The lowest BCUT2D eigenvalue weighted by molar-refractivity contribution is -0.117. The summed E-state index contributed by atoms with van der Waals surface area (Å²) in [6.07, 6.45) is 3.41. The van der Waals surface area contributed by atoms with E-state index in [-0.39, 0.29) is 23.5 Å². The Morgan fingerprint density at radius 1 is 1.44 bits per heavy atom. The first-order valence-corrected chi connectivity index (χ1v) is 4.79. The number of aromatic hydroxyl groups is 1.